The fraction of sp³-hybridized carbons (Fsp3) is 0.444. The van der Waals surface area contributed by atoms with Gasteiger partial charge in [0.15, 0.2) is 5.78 Å². The molecule has 8 heteroatoms. The monoisotopic (exact) mass is 732 g/mol. The molecule has 0 saturated heterocycles. The van der Waals surface area contributed by atoms with Crippen LogP contribution in [0.3, 0.4) is 0 Å². The number of halogens is 2. The second-order valence-corrected chi connectivity index (χ2v) is 14.4. The number of carbonyl (C=O) groups is 6. The molecule has 44 heavy (non-hydrogen) atoms. The highest BCUT2D eigenvalue weighted by Crippen LogP contribution is 2.39. The molecule has 0 radical (unpaired) electrons. The normalized spacial score (nSPS) is 15.1. The van der Waals surface area contributed by atoms with Gasteiger partial charge in [0.1, 0.15) is 28.9 Å². The van der Waals surface area contributed by atoms with Gasteiger partial charge in [-0.3, -0.25) is 28.8 Å². The molecule has 0 fully saturated rings. The maximum Gasteiger partial charge on any atom is 0.152 e. The SMILES string of the molecule is C=CC(C)=O.CC(=O)C(Br)CC(C)(CC(C(C)=O)c1ccccc1)C(C)=O.CC(=O)C(CC(C)(Br)C(C)=O)c1ccccc1. The first-order valence-electron chi connectivity index (χ1n) is 14.4. The van der Waals surface area contributed by atoms with Crippen LogP contribution < -0.4 is 0 Å². The van der Waals surface area contributed by atoms with E-state index in [0.717, 1.165) is 11.1 Å². The molecule has 6 nitrogen and oxygen atoms in total. The highest BCUT2D eigenvalue weighted by molar-refractivity contribution is 9.10. The molecule has 2 aromatic carbocycles. The molecule has 0 aromatic heterocycles. The number of carbonyl (C=O) groups excluding carboxylic acids is 6. The maximum atomic E-state index is 12.2. The van der Waals surface area contributed by atoms with Gasteiger partial charge in [0.2, 0.25) is 0 Å². The van der Waals surface area contributed by atoms with Crippen molar-refractivity contribution in [3.63, 3.8) is 0 Å². The van der Waals surface area contributed by atoms with Gasteiger partial charge in [-0.1, -0.05) is 106 Å². The molecule has 240 valence electrons. The average Bonchev–Trinajstić information content (AvgIpc) is 2.95. The Morgan fingerprint density at radius 1 is 0.659 bits per heavy atom. The van der Waals surface area contributed by atoms with Gasteiger partial charge in [0.05, 0.1) is 9.15 Å². The Balaban J connectivity index is 0.000000745. The van der Waals surface area contributed by atoms with E-state index in [1.165, 1.54) is 33.8 Å². The van der Waals surface area contributed by atoms with E-state index in [4.69, 9.17) is 0 Å². The van der Waals surface area contributed by atoms with Crippen molar-refractivity contribution in [1.82, 2.24) is 0 Å². The van der Waals surface area contributed by atoms with Gasteiger partial charge in [-0.2, -0.15) is 0 Å². The van der Waals surface area contributed by atoms with Crippen molar-refractivity contribution in [2.24, 2.45) is 5.41 Å². The number of benzene rings is 2. The smallest absolute Gasteiger partial charge is 0.152 e. The van der Waals surface area contributed by atoms with Crippen molar-refractivity contribution in [3.8, 4) is 0 Å². The predicted molar refractivity (Wildman–Crippen MR) is 185 cm³/mol. The Morgan fingerprint density at radius 3 is 1.30 bits per heavy atom. The Labute approximate surface area is 279 Å². The van der Waals surface area contributed by atoms with Crippen LogP contribution in [-0.2, 0) is 28.8 Å². The first kappa shape index (κ1) is 41.2. The van der Waals surface area contributed by atoms with Crippen molar-refractivity contribution in [1.29, 1.82) is 0 Å². The molecule has 0 aliphatic carbocycles. The fourth-order valence-corrected chi connectivity index (χ4v) is 5.29. The minimum atomic E-state index is -0.716. The summed E-state index contributed by atoms with van der Waals surface area (Å²) in [5.41, 5.74) is 1.16. The molecular weight excluding hydrogens is 688 g/mol. The lowest BCUT2D eigenvalue weighted by Crippen LogP contribution is -2.34. The van der Waals surface area contributed by atoms with Crippen molar-refractivity contribution in [2.45, 2.75) is 95.6 Å². The summed E-state index contributed by atoms with van der Waals surface area (Å²) in [5.74, 6) is -0.390. The van der Waals surface area contributed by atoms with Gasteiger partial charge < -0.3 is 0 Å². The van der Waals surface area contributed by atoms with E-state index in [2.05, 4.69) is 38.4 Å². The molecule has 0 aliphatic rings. The lowest BCUT2D eigenvalue weighted by Gasteiger charge is -2.32. The summed E-state index contributed by atoms with van der Waals surface area (Å²) in [7, 11) is 0. The summed E-state index contributed by atoms with van der Waals surface area (Å²) in [5, 5.41) is 0. The van der Waals surface area contributed by atoms with Crippen molar-refractivity contribution >= 4 is 66.6 Å². The third kappa shape index (κ3) is 14.8. The van der Waals surface area contributed by atoms with Gasteiger partial charge >= 0.3 is 0 Å². The Hall–Kier alpha value is -2.84. The van der Waals surface area contributed by atoms with Crippen LogP contribution in [0.5, 0.6) is 0 Å². The molecule has 5 atom stereocenters. The summed E-state index contributed by atoms with van der Waals surface area (Å²) in [6, 6.07) is 19.1. The zero-order chi connectivity index (χ0) is 34.3. The van der Waals surface area contributed by atoms with Crippen LogP contribution in [-0.4, -0.2) is 43.9 Å². The quantitative estimate of drug-likeness (QED) is 0.143. The van der Waals surface area contributed by atoms with E-state index < -0.39 is 9.74 Å². The number of hydrogen-bond acceptors (Lipinski definition) is 6. The van der Waals surface area contributed by atoms with E-state index in [1.807, 2.05) is 74.5 Å². The molecule has 0 aliphatic heterocycles. The van der Waals surface area contributed by atoms with Crippen molar-refractivity contribution < 1.29 is 28.8 Å². The van der Waals surface area contributed by atoms with Crippen LogP contribution in [0, 0.1) is 5.41 Å². The van der Waals surface area contributed by atoms with E-state index in [-0.39, 0.29) is 51.4 Å². The van der Waals surface area contributed by atoms with E-state index in [0.29, 0.717) is 19.3 Å². The maximum absolute atomic E-state index is 12.2. The first-order valence-corrected chi connectivity index (χ1v) is 16.1. The van der Waals surface area contributed by atoms with Gasteiger partial charge in [0, 0.05) is 17.3 Å². The first-order chi connectivity index (χ1) is 20.3. The minimum Gasteiger partial charge on any atom is -0.299 e. The van der Waals surface area contributed by atoms with Crippen LogP contribution in [0.4, 0.5) is 0 Å². The van der Waals surface area contributed by atoms with Crippen molar-refractivity contribution in [2.75, 3.05) is 0 Å². The number of ketones is 6. The molecule has 2 rings (SSSR count). The van der Waals surface area contributed by atoms with Crippen LogP contribution in [0.25, 0.3) is 0 Å². The Morgan fingerprint density at radius 2 is 1.02 bits per heavy atom. The van der Waals surface area contributed by atoms with E-state index in [1.54, 1.807) is 13.8 Å². The third-order valence-corrected chi connectivity index (χ3v) is 9.42. The summed E-state index contributed by atoms with van der Waals surface area (Å²) < 4.78 is -0.640. The molecule has 2 aromatic rings. The van der Waals surface area contributed by atoms with Crippen LogP contribution in [0.2, 0.25) is 0 Å². The number of Topliss-reactive ketones (excluding diaryl/α,β-unsaturated/α-hetero) is 5. The second-order valence-electron chi connectivity index (χ2n) is 11.5. The van der Waals surface area contributed by atoms with Crippen LogP contribution >= 0.6 is 31.9 Å². The summed E-state index contributed by atoms with van der Waals surface area (Å²) >= 11 is 6.75. The molecule has 0 spiro atoms. The average molecular weight is 735 g/mol. The van der Waals surface area contributed by atoms with E-state index in [9.17, 15) is 28.8 Å². The summed E-state index contributed by atoms with van der Waals surface area (Å²) in [6.45, 7) is 16.0. The van der Waals surface area contributed by atoms with Gasteiger partial charge in [-0.05, 0) is 84.9 Å². The molecule has 0 bridgehead atoms. The summed E-state index contributed by atoms with van der Waals surface area (Å²) in [4.78, 5) is 68.3. The molecule has 0 amide bonds. The van der Waals surface area contributed by atoms with Gasteiger partial charge in [0.25, 0.3) is 0 Å². The summed E-state index contributed by atoms with van der Waals surface area (Å²) in [6.07, 6.45) is 2.58. The van der Waals surface area contributed by atoms with E-state index >= 15 is 0 Å². The number of hydrogen-bond donors (Lipinski definition) is 0. The molecule has 0 saturated carbocycles. The topological polar surface area (TPSA) is 102 Å². The standard InChI is InChI=1S/C18H23BrO3.C14H17BrO2.C4H6O/c1-12(20)16(15-8-6-5-7-9-15)10-18(4,14(3)22)11-17(19)13(2)21;1-10(16)13(9-14(3,15)11(2)17)12-7-5-4-6-8-12;1-3-4(2)5/h5-9,16-17H,10-11H2,1-4H3;4-8,13H,9H2,1-3H3;3H,1H2,2H3. The lowest BCUT2D eigenvalue weighted by atomic mass is 9.72. The highest BCUT2D eigenvalue weighted by Gasteiger charge is 2.37. The molecular formula is C36H46Br2O6. The van der Waals surface area contributed by atoms with Crippen molar-refractivity contribution in [3.05, 3.63) is 84.4 Å². The van der Waals surface area contributed by atoms with Gasteiger partial charge in [-0.15, -0.1) is 0 Å². The number of rotatable bonds is 14. The van der Waals surface area contributed by atoms with Crippen LogP contribution in [0.15, 0.2) is 73.3 Å². The van der Waals surface area contributed by atoms with Crippen LogP contribution in [0.1, 0.15) is 97.6 Å². The molecule has 0 N–H and O–H groups in total. The molecule has 0 heterocycles. The van der Waals surface area contributed by atoms with Gasteiger partial charge in [-0.25, -0.2) is 0 Å². The zero-order valence-corrected chi connectivity index (χ0v) is 30.3. The fourth-order valence-electron chi connectivity index (χ4n) is 4.25. The lowest BCUT2D eigenvalue weighted by molar-refractivity contribution is -0.128. The number of alkyl halides is 2. The predicted octanol–water partition coefficient (Wildman–Crippen LogP) is 8.34. The number of allylic oxidation sites excluding steroid dienone is 1. The largest absolute Gasteiger partial charge is 0.299 e. The minimum absolute atomic E-state index is 0.000353. The second kappa shape index (κ2) is 19.5. The molecule has 5 unspecified atom stereocenters. The highest BCUT2D eigenvalue weighted by atomic mass is 79.9. The Kier molecular flexibility index (Phi) is 18.3. The Bertz CT molecular complexity index is 1290. The third-order valence-electron chi connectivity index (χ3n) is 7.57. The zero-order valence-electron chi connectivity index (χ0n) is 27.1.